The molecular formula is C13H4ClF11O2. The molecule has 0 aromatic heterocycles. The normalized spacial score (nSPS) is 15.6. The first-order valence-corrected chi connectivity index (χ1v) is 6.53. The summed E-state index contributed by atoms with van der Waals surface area (Å²) in [6.07, 6.45) is -19.6. The summed E-state index contributed by atoms with van der Waals surface area (Å²) in [7, 11) is 0. The molecule has 0 radical (unpaired) electrons. The minimum Gasteiger partial charge on any atom is -0.407 e. The first-order chi connectivity index (χ1) is 11.9. The van der Waals surface area contributed by atoms with E-state index in [9.17, 15) is 48.3 Å². The van der Waals surface area contributed by atoms with Crippen LogP contribution in [0.15, 0.2) is 24.3 Å². The number of rotatable bonds is 4. The third-order valence-corrected chi connectivity index (χ3v) is 2.80. The number of hydrogen-bond acceptors (Lipinski definition) is 2. The van der Waals surface area contributed by atoms with E-state index in [1.165, 1.54) is 0 Å². The molecule has 1 aromatic carbocycles. The van der Waals surface area contributed by atoms with Crippen LogP contribution in [0.3, 0.4) is 0 Å². The summed E-state index contributed by atoms with van der Waals surface area (Å²) in [5, 5.41) is 0.128. The smallest absolute Gasteiger partial charge is 0.407 e. The molecule has 1 rings (SSSR count). The molecule has 0 fully saturated rings. The Morgan fingerprint density at radius 1 is 0.741 bits per heavy atom. The lowest BCUT2D eigenvalue weighted by atomic mass is 10.2. The Labute approximate surface area is 147 Å². The van der Waals surface area contributed by atoms with Crippen LogP contribution in [0.1, 0.15) is 0 Å². The summed E-state index contributed by atoms with van der Waals surface area (Å²) in [4.78, 5) is 0. The van der Waals surface area contributed by atoms with Crippen LogP contribution >= 0.6 is 11.6 Å². The van der Waals surface area contributed by atoms with Gasteiger partial charge in [-0.25, -0.2) is 0 Å². The van der Waals surface area contributed by atoms with Gasteiger partial charge in [-0.15, -0.1) is 0 Å². The van der Waals surface area contributed by atoms with Crippen molar-refractivity contribution in [1.82, 2.24) is 0 Å². The van der Waals surface area contributed by atoms with Crippen LogP contribution in [0.25, 0.3) is 0 Å². The zero-order valence-corrected chi connectivity index (χ0v) is 12.9. The molecule has 14 heteroatoms. The number of ether oxygens (including phenoxy) is 2. The minimum absolute atomic E-state index is 0.128. The lowest BCUT2D eigenvalue weighted by Gasteiger charge is -2.32. The summed E-state index contributed by atoms with van der Waals surface area (Å²) in [6.45, 7) is 0. The van der Waals surface area contributed by atoms with Crippen molar-refractivity contribution in [3.8, 4) is 17.8 Å². The molecule has 1 unspecified atom stereocenters. The first kappa shape index (κ1) is 23.1. The summed E-state index contributed by atoms with van der Waals surface area (Å²) in [6, 6.07) is 4.22. The molecule has 2 nitrogen and oxygen atoms in total. The predicted molar refractivity (Wildman–Crippen MR) is 66.8 cm³/mol. The first-order valence-electron chi connectivity index (χ1n) is 6.16. The molecule has 0 saturated carbocycles. The Morgan fingerprint density at radius 3 is 1.63 bits per heavy atom. The Morgan fingerprint density at radius 2 is 1.22 bits per heavy atom. The average molecular weight is 437 g/mol. The van der Waals surface area contributed by atoms with E-state index in [0.717, 1.165) is 30.4 Å². The fraction of sp³-hybridized carbons (Fsp3) is 0.385. The molecule has 0 amide bonds. The lowest BCUT2D eigenvalue weighted by Crippen LogP contribution is -2.58. The standard InChI is InChI=1S/C13H4ClF11O2/c14-7-1-3-8(4-2-7)26-6-5-9(15,11(18,19)20)27-13(24,25)10(16,17)12(21,22)23/h1-4H. The van der Waals surface area contributed by atoms with Crippen molar-refractivity contribution >= 4 is 11.6 Å². The predicted octanol–water partition coefficient (Wildman–Crippen LogP) is 5.71. The molecule has 0 aliphatic rings. The van der Waals surface area contributed by atoms with Crippen molar-refractivity contribution in [1.29, 1.82) is 0 Å². The fourth-order valence-corrected chi connectivity index (χ4v) is 1.34. The van der Waals surface area contributed by atoms with Crippen LogP contribution < -0.4 is 4.74 Å². The number of alkyl halides is 11. The Hall–Kier alpha value is -1.94. The molecule has 0 N–H and O–H groups in total. The van der Waals surface area contributed by atoms with Crippen molar-refractivity contribution in [2.45, 2.75) is 30.2 Å². The van der Waals surface area contributed by atoms with Crippen molar-refractivity contribution in [2.24, 2.45) is 0 Å². The number of halogens is 12. The minimum atomic E-state index is -7.15. The number of hydrogen-bond donors (Lipinski definition) is 0. The van der Waals surface area contributed by atoms with Gasteiger partial charge in [0.2, 0.25) is 0 Å². The van der Waals surface area contributed by atoms with Gasteiger partial charge in [0.05, 0.1) is 0 Å². The Kier molecular flexibility index (Phi) is 6.19. The third-order valence-electron chi connectivity index (χ3n) is 2.55. The molecule has 0 saturated heterocycles. The highest BCUT2D eigenvalue weighted by Crippen LogP contribution is 2.50. The van der Waals surface area contributed by atoms with Crippen LogP contribution in [-0.2, 0) is 4.74 Å². The Balaban J connectivity index is 3.18. The summed E-state index contributed by atoms with van der Waals surface area (Å²) in [5.74, 6) is -13.2. The molecule has 1 atom stereocenters. The summed E-state index contributed by atoms with van der Waals surface area (Å²) in [5.41, 5.74) is 0. The Bertz CT molecular complexity index is 715. The highest BCUT2D eigenvalue weighted by Gasteiger charge is 2.78. The third kappa shape index (κ3) is 5.07. The molecule has 0 heterocycles. The van der Waals surface area contributed by atoms with Gasteiger partial charge in [0.1, 0.15) is 11.9 Å². The van der Waals surface area contributed by atoms with Crippen LogP contribution in [-0.4, -0.2) is 30.2 Å². The molecule has 0 bridgehead atoms. The van der Waals surface area contributed by atoms with E-state index < -0.39 is 30.2 Å². The molecular weight excluding hydrogens is 433 g/mol. The van der Waals surface area contributed by atoms with E-state index in [0.29, 0.717) is 0 Å². The van der Waals surface area contributed by atoms with E-state index in [4.69, 9.17) is 11.6 Å². The lowest BCUT2D eigenvalue weighted by molar-refractivity contribution is -0.471. The van der Waals surface area contributed by atoms with Crippen LogP contribution in [0.5, 0.6) is 5.75 Å². The molecule has 1 aromatic rings. The average Bonchev–Trinajstić information content (AvgIpc) is 2.46. The second kappa shape index (κ2) is 7.23. The van der Waals surface area contributed by atoms with Gasteiger partial charge in [0, 0.05) is 10.9 Å². The van der Waals surface area contributed by atoms with Crippen LogP contribution in [0.2, 0.25) is 5.02 Å². The van der Waals surface area contributed by atoms with E-state index in [-0.39, 0.29) is 16.7 Å². The van der Waals surface area contributed by atoms with Crippen LogP contribution in [0.4, 0.5) is 48.3 Å². The SMILES string of the molecule is FC(F)(F)C(F)(C#COc1ccc(Cl)cc1)OC(F)(F)C(F)(F)C(F)(F)F. The van der Waals surface area contributed by atoms with Gasteiger partial charge in [0.25, 0.3) is 0 Å². The van der Waals surface area contributed by atoms with Gasteiger partial charge >= 0.3 is 30.2 Å². The molecule has 0 aliphatic carbocycles. The van der Waals surface area contributed by atoms with Crippen molar-refractivity contribution in [3.63, 3.8) is 0 Å². The number of benzene rings is 1. The molecule has 0 aliphatic heterocycles. The topological polar surface area (TPSA) is 18.5 Å². The summed E-state index contributed by atoms with van der Waals surface area (Å²) >= 11 is 5.46. The highest BCUT2D eigenvalue weighted by atomic mass is 35.5. The van der Waals surface area contributed by atoms with Crippen LogP contribution in [0, 0.1) is 12.0 Å². The van der Waals surface area contributed by atoms with Gasteiger partial charge in [-0.1, -0.05) is 11.6 Å². The quantitative estimate of drug-likeness (QED) is 0.444. The van der Waals surface area contributed by atoms with E-state index in [1.54, 1.807) is 0 Å². The second-order valence-electron chi connectivity index (χ2n) is 4.57. The zero-order chi connectivity index (χ0) is 21.3. The maximum absolute atomic E-state index is 13.7. The monoisotopic (exact) mass is 436 g/mol. The van der Waals surface area contributed by atoms with Gasteiger partial charge in [0.15, 0.2) is 0 Å². The maximum atomic E-state index is 13.7. The molecule has 152 valence electrons. The fourth-order valence-electron chi connectivity index (χ4n) is 1.21. The van der Waals surface area contributed by atoms with Crippen molar-refractivity contribution < 1.29 is 57.8 Å². The second-order valence-corrected chi connectivity index (χ2v) is 5.00. The van der Waals surface area contributed by atoms with Crippen molar-refractivity contribution in [2.75, 3.05) is 0 Å². The summed E-state index contributed by atoms with van der Waals surface area (Å²) < 4.78 is 145. The highest BCUT2D eigenvalue weighted by molar-refractivity contribution is 6.30. The van der Waals surface area contributed by atoms with Crippen molar-refractivity contribution in [3.05, 3.63) is 29.3 Å². The molecule has 27 heavy (non-hydrogen) atoms. The van der Waals surface area contributed by atoms with Gasteiger partial charge in [-0.2, -0.15) is 48.3 Å². The van der Waals surface area contributed by atoms with E-state index in [1.807, 2.05) is 0 Å². The van der Waals surface area contributed by atoms with E-state index in [2.05, 4.69) is 9.47 Å². The maximum Gasteiger partial charge on any atom is 0.462 e. The van der Waals surface area contributed by atoms with Gasteiger partial charge in [-0.3, -0.25) is 4.74 Å². The molecule has 0 spiro atoms. The van der Waals surface area contributed by atoms with Gasteiger partial charge < -0.3 is 4.74 Å². The zero-order valence-electron chi connectivity index (χ0n) is 12.2. The largest absolute Gasteiger partial charge is 0.462 e. The van der Waals surface area contributed by atoms with Gasteiger partial charge in [-0.05, 0) is 24.3 Å². The van der Waals surface area contributed by atoms with E-state index >= 15 is 0 Å².